The lowest BCUT2D eigenvalue weighted by atomic mass is 10.1. The molecule has 2 saturated heterocycles. The van der Waals surface area contributed by atoms with Crippen LogP contribution in [0.3, 0.4) is 0 Å². The quantitative estimate of drug-likeness (QED) is 0.297. The second-order valence-corrected chi connectivity index (χ2v) is 10.4. The summed E-state index contributed by atoms with van der Waals surface area (Å²) in [5.74, 6) is -0.862. The second-order valence-electron chi connectivity index (χ2n) is 6.02. The van der Waals surface area contributed by atoms with Crippen molar-refractivity contribution in [2.45, 2.75) is 32.1 Å². The first-order valence-electron chi connectivity index (χ1n) is 7.73. The van der Waals surface area contributed by atoms with Gasteiger partial charge in [0, 0.05) is 6.54 Å². The molecule has 2 fully saturated rings. The van der Waals surface area contributed by atoms with Crippen LogP contribution in [0.5, 0.6) is 0 Å². The van der Waals surface area contributed by atoms with Crippen molar-refractivity contribution in [3.05, 3.63) is 0 Å². The van der Waals surface area contributed by atoms with Crippen LogP contribution in [-0.2, 0) is 36.4 Å². The van der Waals surface area contributed by atoms with Crippen molar-refractivity contribution in [3.8, 4) is 0 Å². The predicted molar refractivity (Wildman–Crippen MR) is 87.1 cm³/mol. The van der Waals surface area contributed by atoms with E-state index in [9.17, 15) is 28.2 Å². The Kier molecular flexibility index (Phi) is 7.23. The molecule has 0 radical (unpaired) electrons. The van der Waals surface area contributed by atoms with Crippen LogP contribution >= 0.6 is 23.5 Å². The van der Waals surface area contributed by atoms with Gasteiger partial charge in [-0.05, 0) is 12.8 Å². The molecule has 0 aliphatic carbocycles. The number of ether oxygens (including phenoxy) is 1. The Bertz CT molecular complexity index is 768. The summed E-state index contributed by atoms with van der Waals surface area (Å²) in [6.07, 6.45) is -0.897. The smallest absolute Gasteiger partial charge is 0.353 e. The molecule has 0 saturated carbocycles. The van der Waals surface area contributed by atoms with Gasteiger partial charge in [0.1, 0.15) is 6.23 Å². The Morgan fingerprint density at radius 1 is 1.11 bits per heavy atom. The van der Waals surface area contributed by atoms with Crippen LogP contribution in [0.4, 0.5) is 4.79 Å². The molecule has 2 heterocycles. The summed E-state index contributed by atoms with van der Waals surface area (Å²) in [7, 11) is -16.3. The fourth-order valence-electron chi connectivity index (χ4n) is 2.53. The van der Waals surface area contributed by atoms with E-state index in [-0.39, 0.29) is 13.0 Å². The van der Waals surface area contributed by atoms with Crippen molar-refractivity contribution in [2.75, 3.05) is 13.2 Å². The van der Waals surface area contributed by atoms with Gasteiger partial charge in [-0.1, -0.05) is 6.92 Å². The summed E-state index contributed by atoms with van der Waals surface area (Å²) in [5, 5.41) is 2.17. The summed E-state index contributed by atoms with van der Waals surface area (Å²) in [5.41, 5.74) is 0. The first-order valence-corrected chi connectivity index (χ1v) is 12.2. The van der Waals surface area contributed by atoms with Gasteiger partial charge in [0.2, 0.25) is 5.91 Å². The molecule has 3 amide bonds. The normalized spacial score (nSPS) is 30.6. The summed E-state index contributed by atoms with van der Waals surface area (Å²) in [6.45, 7) is 1.15. The number of amides is 3. The van der Waals surface area contributed by atoms with Crippen molar-refractivity contribution < 1.29 is 60.7 Å². The van der Waals surface area contributed by atoms with Crippen molar-refractivity contribution >= 4 is 35.4 Å². The van der Waals surface area contributed by atoms with E-state index in [2.05, 4.69) is 18.5 Å². The van der Waals surface area contributed by atoms with E-state index in [0.29, 0.717) is 6.42 Å². The monoisotopic (exact) mass is 468 g/mol. The van der Waals surface area contributed by atoms with Gasteiger partial charge in [-0.3, -0.25) is 19.5 Å². The first-order chi connectivity index (χ1) is 12.7. The molecule has 5 atom stereocenters. The Hall–Kier alpha value is -0.690. The molecule has 2 rings (SSSR count). The highest BCUT2D eigenvalue weighted by Crippen LogP contribution is 2.66. The highest BCUT2D eigenvalue weighted by atomic mass is 31.3. The zero-order valence-electron chi connectivity index (χ0n) is 14.3. The lowest BCUT2D eigenvalue weighted by Gasteiger charge is -2.34. The van der Waals surface area contributed by atoms with Crippen LogP contribution < -0.4 is 5.32 Å². The van der Waals surface area contributed by atoms with Gasteiger partial charge in [0.15, 0.2) is 0 Å². The van der Waals surface area contributed by atoms with E-state index in [4.69, 9.17) is 19.4 Å². The number of carbonyl (C=O) groups excluding carboxylic acids is 2. The topological polar surface area (TPSA) is 218 Å². The lowest BCUT2D eigenvalue weighted by Crippen LogP contribution is -2.57. The van der Waals surface area contributed by atoms with Crippen LogP contribution in [0.1, 0.15) is 19.8 Å². The Morgan fingerprint density at radius 2 is 1.75 bits per heavy atom. The third kappa shape index (κ3) is 6.97. The first kappa shape index (κ1) is 23.6. The minimum Gasteiger partial charge on any atom is -0.353 e. The number of phosphoric acid groups is 3. The number of urea groups is 1. The molecule has 2 aliphatic heterocycles. The highest BCUT2D eigenvalue weighted by molar-refractivity contribution is 7.66. The van der Waals surface area contributed by atoms with E-state index in [1.807, 2.05) is 0 Å². The number of imide groups is 1. The van der Waals surface area contributed by atoms with Crippen molar-refractivity contribution in [2.24, 2.45) is 5.92 Å². The number of nitrogens with zero attached hydrogens (tertiary/aromatic N) is 1. The molecule has 0 aromatic carbocycles. The molecular weight excluding hydrogens is 449 g/mol. The second kappa shape index (κ2) is 8.58. The molecule has 0 aromatic rings. The van der Waals surface area contributed by atoms with Gasteiger partial charge in [-0.2, -0.15) is 8.62 Å². The molecule has 18 heteroatoms. The van der Waals surface area contributed by atoms with E-state index in [1.165, 1.54) is 4.90 Å². The fraction of sp³-hybridized carbons (Fsp3) is 0.800. The van der Waals surface area contributed by atoms with Crippen molar-refractivity contribution in [3.63, 3.8) is 0 Å². The van der Waals surface area contributed by atoms with E-state index in [0.717, 1.165) is 0 Å². The van der Waals surface area contributed by atoms with E-state index in [1.54, 1.807) is 6.92 Å². The van der Waals surface area contributed by atoms with Crippen LogP contribution in [-0.4, -0.2) is 61.9 Å². The molecule has 28 heavy (non-hydrogen) atoms. The molecule has 3 unspecified atom stereocenters. The van der Waals surface area contributed by atoms with Crippen LogP contribution in [0.2, 0.25) is 0 Å². The van der Waals surface area contributed by atoms with Gasteiger partial charge in [-0.15, -0.1) is 0 Å². The molecule has 0 spiro atoms. The van der Waals surface area contributed by atoms with E-state index < -0.39 is 60.3 Å². The summed E-state index contributed by atoms with van der Waals surface area (Å²) < 4.78 is 50.6. The largest absolute Gasteiger partial charge is 0.490 e. The SMILES string of the molecule is CC1CN([C@H]2CC[C@@H](COP(=O)(O)OP(=O)(O)OP(=O)(O)O)O2)C(=O)NC1=O. The summed E-state index contributed by atoms with van der Waals surface area (Å²) in [6, 6.07) is -0.637. The number of rotatable bonds is 8. The zero-order chi connectivity index (χ0) is 21.3. The minimum atomic E-state index is -5.59. The van der Waals surface area contributed by atoms with Gasteiger partial charge in [-0.25, -0.2) is 18.5 Å². The molecule has 2 aliphatic rings. The Balaban J connectivity index is 1.86. The number of phosphoric ester groups is 1. The number of carbonyl (C=O) groups is 2. The van der Waals surface area contributed by atoms with Gasteiger partial charge in [0.25, 0.3) is 0 Å². The highest BCUT2D eigenvalue weighted by Gasteiger charge is 2.42. The maximum atomic E-state index is 11.9. The maximum Gasteiger partial charge on any atom is 0.490 e. The van der Waals surface area contributed by atoms with Crippen molar-refractivity contribution in [1.82, 2.24) is 10.2 Å². The molecule has 5 N–H and O–H groups in total. The third-order valence-corrected chi connectivity index (χ3v) is 7.48. The van der Waals surface area contributed by atoms with Gasteiger partial charge >= 0.3 is 29.5 Å². The number of hydrogen-bond acceptors (Lipinski definition) is 9. The standard InChI is InChI=1S/C10H19N2O13P3/c1-6-4-12(10(14)11-9(6)13)8-3-2-7(23-8)5-22-27(18,19)25-28(20,21)24-26(15,16)17/h6-8H,2-5H2,1H3,(H,18,19)(H,20,21)(H,11,13,14)(H2,15,16,17)/t6?,7-,8+/m0/s1. The number of hydrogen-bond donors (Lipinski definition) is 5. The van der Waals surface area contributed by atoms with Gasteiger partial charge < -0.3 is 24.3 Å². The summed E-state index contributed by atoms with van der Waals surface area (Å²) >= 11 is 0. The number of nitrogens with one attached hydrogen (secondary N) is 1. The molecule has 15 nitrogen and oxygen atoms in total. The predicted octanol–water partition coefficient (Wildman–Crippen LogP) is 0.0227. The van der Waals surface area contributed by atoms with Crippen LogP contribution in [0, 0.1) is 5.92 Å². The Morgan fingerprint density at radius 3 is 2.36 bits per heavy atom. The zero-order valence-corrected chi connectivity index (χ0v) is 17.0. The van der Waals surface area contributed by atoms with Gasteiger partial charge in [0.05, 0.1) is 18.6 Å². The lowest BCUT2D eigenvalue weighted by molar-refractivity contribution is -0.128. The van der Waals surface area contributed by atoms with Crippen molar-refractivity contribution in [1.29, 1.82) is 0 Å². The third-order valence-electron chi connectivity index (χ3n) is 3.68. The molecule has 162 valence electrons. The Labute approximate surface area is 158 Å². The molecule has 0 bridgehead atoms. The van der Waals surface area contributed by atoms with E-state index >= 15 is 0 Å². The minimum absolute atomic E-state index is 0.123. The maximum absolute atomic E-state index is 11.9. The molecular formula is C10H19N2O13P3. The van der Waals surface area contributed by atoms with Crippen LogP contribution in [0.25, 0.3) is 0 Å². The molecule has 0 aromatic heterocycles. The summed E-state index contributed by atoms with van der Waals surface area (Å²) in [4.78, 5) is 60.0. The van der Waals surface area contributed by atoms with Crippen LogP contribution in [0.15, 0.2) is 0 Å². The average Bonchev–Trinajstić information content (AvgIpc) is 2.94. The average molecular weight is 468 g/mol. The fourth-order valence-corrected chi connectivity index (χ4v) is 5.58.